The minimum atomic E-state index is -0.0187. The van der Waals surface area contributed by atoms with E-state index in [4.69, 9.17) is 4.74 Å². The Hall–Kier alpha value is -3.06. The summed E-state index contributed by atoms with van der Waals surface area (Å²) in [6, 6.07) is 15.6. The number of amides is 2. The fourth-order valence-electron chi connectivity index (χ4n) is 4.02. The Labute approximate surface area is 177 Å². The summed E-state index contributed by atoms with van der Waals surface area (Å²) in [6.45, 7) is 4.56. The summed E-state index contributed by atoms with van der Waals surface area (Å²) in [5, 5.41) is 2.96. The van der Waals surface area contributed by atoms with Crippen LogP contribution in [0.25, 0.3) is 0 Å². The van der Waals surface area contributed by atoms with Crippen LogP contribution in [0.5, 0.6) is 5.75 Å². The number of piperazine rings is 1. The van der Waals surface area contributed by atoms with E-state index < -0.39 is 0 Å². The molecule has 1 N–H and O–H groups in total. The van der Waals surface area contributed by atoms with E-state index in [9.17, 15) is 9.59 Å². The maximum Gasteiger partial charge on any atom is 0.238 e. The first-order valence-corrected chi connectivity index (χ1v) is 10.4. The van der Waals surface area contributed by atoms with Gasteiger partial charge < -0.3 is 19.9 Å². The molecule has 2 heterocycles. The molecule has 2 aliphatic rings. The molecule has 2 aromatic rings. The normalized spacial score (nSPS) is 17.3. The number of nitrogens with one attached hydrogen (secondary N) is 1. The Morgan fingerprint density at radius 3 is 2.43 bits per heavy atom. The maximum absolute atomic E-state index is 12.5. The van der Waals surface area contributed by atoms with Crippen molar-refractivity contribution in [2.45, 2.75) is 12.8 Å². The molecule has 158 valence electrons. The van der Waals surface area contributed by atoms with Crippen LogP contribution in [0.15, 0.2) is 48.5 Å². The van der Waals surface area contributed by atoms with Crippen molar-refractivity contribution in [2.75, 3.05) is 61.5 Å². The second-order valence-corrected chi connectivity index (χ2v) is 7.71. The highest BCUT2D eigenvalue weighted by atomic mass is 16.5. The molecular formula is C23H28N4O3. The van der Waals surface area contributed by atoms with Gasteiger partial charge in [-0.3, -0.25) is 14.5 Å². The van der Waals surface area contributed by atoms with E-state index in [1.165, 1.54) is 0 Å². The number of ether oxygens (including phenoxy) is 1. The molecule has 0 atom stereocenters. The van der Waals surface area contributed by atoms with E-state index in [1.54, 1.807) is 12.0 Å². The third-order valence-corrected chi connectivity index (χ3v) is 5.69. The first-order valence-electron chi connectivity index (χ1n) is 10.4. The second-order valence-electron chi connectivity index (χ2n) is 7.71. The van der Waals surface area contributed by atoms with Crippen LogP contribution in [0.4, 0.5) is 17.1 Å². The van der Waals surface area contributed by atoms with Gasteiger partial charge in [-0.15, -0.1) is 0 Å². The van der Waals surface area contributed by atoms with E-state index in [0.717, 1.165) is 62.0 Å². The van der Waals surface area contributed by atoms with Gasteiger partial charge in [-0.25, -0.2) is 0 Å². The van der Waals surface area contributed by atoms with Gasteiger partial charge in [0, 0.05) is 62.3 Å². The van der Waals surface area contributed by atoms with Gasteiger partial charge in [-0.1, -0.05) is 6.07 Å². The molecule has 4 rings (SSSR count). The van der Waals surface area contributed by atoms with Crippen LogP contribution < -0.4 is 19.9 Å². The highest BCUT2D eigenvalue weighted by molar-refractivity contribution is 5.96. The molecule has 2 amide bonds. The minimum absolute atomic E-state index is 0.0187. The summed E-state index contributed by atoms with van der Waals surface area (Å²) in [5.74, 6) is 1.00. The Morgan fingerprint density at radius 1 is 1.00 bits per heavy atom. The molecule has 2 fully saturated rings. The Balaban J connectivity index is 1.25. The van der Waals surface area contributed by atoms with Crippen molar-refractivity contribution >= 4 is 28.9 Å². The van der Waals surface area contributed by atoms with Crippen molar-refractivity contribution in [1.29, 1.82) is 0 Å². The lowest BCUT2D eigenvalue weighted by Crippen LogP contribution is -2.48. The third-order valence-electron chi connectivity index (χ3n) is 5.69. The first kappa shape index (κ1) is 20.2. The molecule has 0 spiro atoms. The molecule has 2 aliphatic heterocycles. The van der Waals surface area contributed by atoms with Gasteiger partial charge in [0.15, 0.2) is 0 Å². The lowest BCUT2D eigenvalue weighted by molar-refractivity contribution is -0.118. The van der Waals surface area contributed by atoms with Crippen LogP contribution in [0, 0.1) is 0 Å². The van der Waals surface area contributed by atoms with Gasteiger partial charge in [0.25, 0.3) is 0 Å². The molecule has 7 nitrogen and oxygen atoms in total. The van der Waals surface area contributed by atoms with Crippen molar-refractivity contribution in [1.82, 2.24) is 4.90 Å². The fourth-order valence-corrected chi connectivity index (χ4v) is 4.02. The lowest BCUT2D eigenvalue weighted by atomic mass is 10.2. The van der Waals surface area contributed by atoms with E-state index in [0.29, 0.717) is 13.0 Å². The van der Waals surface area contributed by atoms with E-state index >= 15 is 0 Å². The van der Waals surface area contributed by atoms with Crippen molar-refractivity contribution in [3.63, 3.8) is 0 Å². The monoisotopic (exact) mass is 408 g/mol. The topological polar surface area (TPSA) is 65.1 Å². The SMILES string of the molecule is COc1cccc(N2CCN(CC(=O)Nc3ccc(N4CCCC4=O)cc3)CC2)c1. The molecule has 2 saturated heterocycles. The van der Waals surface area contributed by atoms with Gasteiger partial charge in [-0.05, 0) is 42.8 Å². The zero-order chi connectivity index (χ0) is 20.9. The molecule has 0 aliphatic carbocycles. The largest absolute Gasteiger partial charge is 0.497 e. The number of anilines is 3. The summed E-state index contributed by atoms with van der Waals surface area (Å²) < 4.78 is 5.31. The predicted octanol–water partition coefficient (Wildman–Crippen LogP) is 2.58. The Bertz CT molecular complexity index is 892. The quantitative estimate of drug-likeness (QED) is 0.796. The average Bonchev–Trinajstić information content (AvgIpc) is 3.20. The molecule has 7 heteroatoms. The van der Waals surface area contributed by atoms with Crippen LogP contribution in [0.3, 0.4) is 0 Å². The average molecular weight is 409 g/mol. The molecule has 0 radical (unpaired) electrons. The van der Waals surface area contributed by atoms with E-state index in [1.807, 2.05) is 42.5 Å². The Kier molecular flexibility index (Phi) is 6.18. The summed E-state index contributed by atoms with van der Waals surface area (Å²) in [6.07, 6.45) is 1.52. The molecule has 0 saturated carbocycles. The Morgan fingerprint density at radius 2 is 1.77 bits per heavy atom. The van der Waals surface area contributed by atoms with Gasteiger partial charge in [0.2, 0.25) is 11.8 Å². The summed E-state index contributed by atoms with van der Waals surface area (Å²) in [4.78, 5) is 30.6. The van der Waals surface area contributed by atoms with E-state index in [-0.39, 0.29) is 11.8 Å². The molecule has 0 unspecified atom stereocenters. The van der Waals surface area contributed by atoms with E-state index in [2.05, 4.69) is 21.2 Å². The first-order chi connectivity index (χ1) is 14.6. The van der Waals surface area contributed by atoms with Gasteiger partial charge in [0.1, 0.15) is 5.75 Å². The fraction of sp³-hybridized carbons (Fsp3) is 0.391. The van der Waals surface area contributed by atoms with Gasteiger partial charge in [0.05, 0.1) is 13.7 Å². The van der Waals surface area contributed by atoms with Crippen LogP contribution in [0.1, 0.15) is 12.8 Å². The van der Waals surface area contributed by atoms with Crippen molar-refractivity contribution < 1.29 is 14.3 Å². The van der Waals surface area contributed by atoms with Crippen molar-refractivity contribution in [2.24, 2.45) is 0 Å². The number of benzene rings is 2. The molecule has 0 aromatic heterocycles. The summed E-state index contributed by atoms with van der Waals surface area (Å²) >= 11 is 0. The highest BCUT2D eigenvalue weighted by Crippen LogP contribution is 2.24. The number of rotatable bonds is 6. The van der Waals surface area contributed by atoms with Gasteiger partial charge in [-0.2, -0.15) is 0 Å². The highest BCUT2D eigenvalue weighted by Gasteiger charge is 2.22. The number of hydrogen-bond acceptors (Lipinski definition) is 5. The van der Waals surface area contributed by atoms with Gasteiger partial charge >= 0.3 is 0 Å². The molecule has 30 heavy (non-hydrogen) atoms. The predicted molar refractivity (Wildman–Crippen MR) is 118 cm³/mol. The maximum atomic E-state index is 12.5. The summed E-state index contributed by atoms with van der Waals surface area (Å²) in [5.41, 5.74) is 2.80. The minimum Gasteiger partial charge on any atom is -0.497 e. The number of nitrogens with zero attached hydrogens (tertiary/aromatic N) is 3. The zero-order valence-electron chi connectivity index (χ0n) is 17.3. The molecule has 0 bridgehead atoms. The third kappa shape index (κ3) is 4.74. The standard InChI is InChI=1S/C23H28N4O3/c1-30-21-5-2-4-20(16-21)26-14-12-25(13-15-26)17-22(28)24-18-7-9-19(10-8-18)27-11-3-6-23(27)29/h2,4-5,7-10,16H,3,6,11-15,17H2,1H3,(H,24,28). The van der Waals surface area contributed by atoms with Crippen LogP contribution >= 0.6 is 0 Å². The zero-order valence-corrected chi connectivity index (χ0v) is 17.3. The number of methoxy groups -OCH3 is 1. The lowest BCUT2D eigenvalue weighted by Gasteiger charge is -2.35. The van der Waals surface area contributed by atoms with Crippen LogP contribution in [0.2, 0.25) is 0 Å². The van der Waals surface area contributed by atoms with Crippen molar-refractivity contribution in [3.8, 4) is 5.75 Å². The number of carbonyl (C=O) groups excluding carboxylic acids is 2. The molecular weight excluding hydrogens is 380 g/mol. The smallest absolute Gasteiger partial charge is 0.238 e. The van der Waals surface area contributed by atoms with Crippen LogP contribution in [-0.2, 0) is 9.59 Å². The van der Waals surface area contributed by atoms with Crippen molar-refractivity contribution in [3.05, 3.63) is 48.5 Å². The number of carbonyl (C=O) groups is 2. The second kappa shape index (κ2) is 9.17. The van der Waals surface area contributed by atoms with Crippen LogP contribution in [-0.4, -0.2) is 63.1 Å². The molecule has 2 aromatic carbocycles. The summed E-state index contributed by atoms with van der Waals surface area (Å²) in [7, 11) is 1.68. The number of hydrogen-bond donors (Lipinski definition) is 1.